The lowest BCUT2D eigenvalue weighted by atomic mass is 10.1. The second-order valence-corrected chi connectivity index (χ2v) is 4.61. The highest BCUT2D eigenvalue weighted by Gasteiger charge is 2.19. The molecule has 6 nitrogen and oxygen atoms in total. The SMILES string of the molecule is CCCCC(OC(C)=O)c1cnc2c(n1)CNCN2. The first-order valence-electron chi connectivity index (χ1n) is 6.68. The molecular formula is C13H20N4O2. The second-order valence-electron chi connectivity index (χ2n) is 4.61. The van der Waals surface area contributed by atoms with Gasteiger partial charge in [0.05, 0.1) is 24.3 Å². The van der Waals surface area contributed by atoms with E-state index in [0.717, 1.165) is 36.5 Å². The van der Waals surface area contributed by atoms with Crippen LogP contribution in [0, 0.1) is 0 Å². The number of anilines is 1. The Hall–Kier alpha value is -1.69. The van der Waals surface area contributed by atoms with Gasteiger partial charge in [0.1, 0.15) is 11.9 Å². The fourth-order valence-corrected chi connectivity index (χ4v) is 2.05. The summed E-state index contributed by atoms with van der Waals surface area (Å²) in [5.74, 6) is 0.524. The van der Waals surface area contributed by atoms with Gasteiger partial charge in [-0.1, -0.05) is 13.3 Å². The van der Waals surface area contributed by atoms with E-state index < -0.39 is 0 Å². The minimum atomic E-state index is -0.294. The number of carbonyl (C=O) groups is 1. The van der Waals surface area contributed by atoms with Crippen LogP contribution in [0.5, 0.6) is 0 Å². The van der Waals surface area contributed by atoms with E-state index in [1.165, 1.54) is 6.92 Å². The number of carbonyl (C=O) groups excluding carboxylic acids is 1. The van der Waals surface area contributed by atoms with Crippen LogP contribution in [0.25, 0.3) is 0 Å². The summed E-state index contributed by atoms with van der Waals surface area (Å²) in [6, 6.07) is 0. The molecule has 1 aliphatic heterocycles. The molecule has 0 saturated heterocycles. The summed E-state index contributed by atoms with van der Waals surface area (Å²) in [6.07, 6.45) is 4.23. The van der Waals surface area contributed by atoms with Crippen molar-refractivity contribution in [3.63, 3.8) is 0 Å². The van der Waals surface area contributed by atoms with Gasteiger partial charge >= 0.3 is 5.97 Å². The Kier molecular flexibility index (Phi) is 4.68. The van der Waals surface area contributed by atoms with Gasteiger partial charge in [-0.15, -0.1) is 0 Å². The summed E-state index contributed by atoms with van der Waals surface area (Å²) in [5.41, 5.74) is 1.60. The van der Waals surface area contributed by atoms with Crippen molar-refractivity contribution in [2.75, 3.05) is 12.0 Å². The molecule has 0 spiro atoms. The van der Waals surface area contributed by atoms with Gasteiger partial charge in [0, 0.05) is 13.5 Å². The molecule has 1 aromatic heterocycles. The van der Waals surface area contributed by atoms with E-state index in [4.69, 9.17) is 4.74 Å². The minimum absolute atomic E-state index is 0.281. The monoisotopic (exact) mass is 264 g/mol. The van der Waals surface area contributed by atoms with E-state index in [1.807, 2.05) is 0 Å². The van der Waals surface area contributed by atoms with Gasteiger partial charge in [-0.05, 0) is 12.8 Å². The fourth-order valence-electron chi connectivity index (χ4n) is 2.05. The second kappa shape index (κ2) is 6.47. The van der Waals surface area contributed by atoms with Gasteiger partial charge in [-0.25, -0.2) is 9.97 Å². The largest absolute Gasteiger partial charge is 0.456 e. The Bertz CT molecular complexity index is 450. The average Bonchev–Trinajstić information content (AvgIpc) is 2.42. The first-order valence-corrected chi connectivity index (χ1v) is 6.68. The zero-order chi connectivity index (χ0) is 13.7. The van der Waals surface area contributed by atoms with Crippen LogP contribution in [-0.4, -0.2) is 22.6 Å². The maximum atomic E-state index is 11.2. The molecule has 1 aliphatic rings. The number of aromatic nitrogens is 2. The van der Waals surface area contributed by atoms with Crippen molar-refractivity contribution in [2.24, 2.45) is 0 Å². The summed E-state index contributed by atoms with van der Waals surface area (Å²) in [6.45, 7) is 4.92. The minimum Gasteiger partial charge on any atom is -0.456 e. The Morgan fingerprint density at radius 2 is 2.42 bits per heavy atom. The maximum Gasteiger partial charge on any atom is 0.303 e. The smallest absolute Gasteiger partial charge is 0.303 e. The predicted molar refractivity (Wildman–Crippen MR) is 71.4 cm³/mol. The van der Waals surface area contributed by atoms with Crippen LogP contribution in [0.4, 0.5) is 5.82 Å². The first-order chi connectivity index (χ1) is 9.20. The van der Waals surface area contributed by atoms with Gasteiger partial charge in [0.15, 0.2) is 0 Å². The number of rotatable bonds is 5. The number of nitrogens with one attached hydrogen (secondary N) is 2. The Labute approximate surface area is 113 Å². The topological polar surface area (TPSA) is 76.1 Å². The molecule has 1 unspecified atom stereocenters. The molecule has 0 fully saturated rings. The zero-order valence-corrected chi connectivity index (χ0v) is 11.4. The molecular weight excluding hydrogens is 244 g/mol. The molecule has 6 heteroatoms. The van der Waals surface area contributed by atoms with Crippen molar-refractivity contribution >= 4 is 11.8 Å². The summed E-state index contributed by atoms with van der Waals surface area (Å²) < 4.78 is 5.35. The highest BCUT2D eigenvalue weighted by Crippen LogP contribution is 2.24. The van der Waals surface area contributed by atoms with Gasteiger partial charge in [-0.2, -0.15) is 0 Å². The van der Waals surface area contributed by atoms with Crippen molar-refractivity contribution in [1.29, 1.82) is 0 Å². The predicted octanol–water partition coefficient (Wildman–Crippen LogP) is 1.74. The number of hydrogen-bond donors (Lipinski definition) is 2. The van der Waals surface area contributed by atoms with Gasteiger partial charge < -0.3 is 10.1 Å². The van der Waals surface area contributed by atoms with Crippen LogP contribution >= 0.6 is 0 Å². The molecule has 0 bridgehead atoms. The van der Waals surface area contributed by atoms with Crippen LogP contribution in [0.2, 0.25) is 0 Å². The molecule has 0 saturated carbocycles. The first kappa shape index (κ1) is 13.7. The lowest BCUT2D eigenvalue weighted by Gasteiger charge is -2.21. The number of ether oxygens (including phenoxy) is 1. The van der Waals surface area contributed by atoms with Crippen molar-refractivity contribution < 1.29 is 9.53 Å². The Balaban J connectivity index is 2.17. The molecule has 0 aliphatic carbocycles. The van der Waals surface area contributed by atoms with E-state index in [0.29, 0.717) is 13.2 Å². The van der Waals surface area contributed by atoms with E-state index in [9.17, 15) is 4.79 Å². The van der Waals surface area contributed by atoms with Gasteiger partial charge in [0.2, 0.25) is 0 Å². The van der Waals surface area contributed by atoms with Crippen molar-refractivity contribution in [3.8, 4) is 0 Å². The Morgan fingerprint density at radius 1 is 1.58 bits per heavy atom. The van der Waals surface area contributed by atoms with E-state index >= 15 is 0 Å². The molecule has 0 amide bonds. The number of unbranched alkanes of at least 4 members (excludes halogenated alkanes) is 1. The summed E-state index contributed by atoms with van der Waals surface area (Å²) >= 11 is 0. The molecule has 0 aromatic carbocycles. The molecule has 2 heterocycles. The van der Waals surface area contributed by atoms with Crippen LogP contribution in [-0.2, 0) is 16.1 Å². The van der Waals surface area contributed by atoms with E-state index in [1.54, 1.807) is 6.20 Å². The lowest BCUT2D eigenvalue weighted by molar-refractivity contribution is -0.147. The van der Waals surface area contributed by atoms with Gasteiger partial charge in [-0.3, -0.25) is 10.1 Å². The molecule has 0 radical (unpaired) electrons. The highest BCUT2D eigenvalue weighted by molar-refractivity contribution is 5.66. The van der Waals surface area contributed by atoms with Crippen LogP contribution in [0.15, 0.2) is 6.20 Å². The molecule has 2 N–H and O–H groups in total. The summed E-state index contributed by atoms with van der Waals surface area (Å²) in [4.78, 5) is 20.1. The van der Waals surface area contributed by atoms with Crippen LogP contribution in [0.3, 0.4) is 0 Å². The Morgan fingerprint density at radius 3 is 3.16 bits per heavy atom. The molecule has 1 atom stereocenters. The fraction of sp³-hybridized carbons (Fsp3) is 0.615. The third kappa shape index (κ3) is 3.64. The third-order valence-corrected chi connectivity index (χ3v) is 2.99. The molecule has 19 heavy (non-hydrogen) atoms. The summed E-state index contributed by atoms with van der Waals surface area (Å²) in [7, 11) is 0. The highest BCUT2D eigenvalue weighted by atomic mass is 16.5. The van der Waals surface area contributed by atoms with Crippen molar-refractivity contribution in [3.05, 3.63) is 17.6 Å². The average molecular weight is 264 g/mol. The molecule has 104 valence electrons. The lowest BCUT2D eigenvalue weighted by Crippen LogP contribution is -2.29. The van der Waals surface area contributed by atoms with Crippen molar-refractivity contribution in [2.45, 2.75) is 45.8 Å². The van der Waals surface area contributed by atoms with Crippen molar-refractivity contribution in [1.82, 2.24) is 15.3 Å². The standard InChI is InChI=1S/C13H20N4O2/c1-3-4-5-12(19-9(2)18)10-7-15-13-11(17-10)6-14-8-16-13/h7,12,14H,3-6,8H2,1-2H3,(H,15,16). The van der Waals surface area contributed by atoms with Gasteiger partial charge in [0.25, 0.3) is 0 Å². The van der Waals surface area contributed by atoms with E-state index in [2.05, 4.69) is 27.5 Å². The number of nitrogens with zero attached hydrogens (tertiary/aromatic N) is 2. The number of fused-ring (bicyclic) bond motifs is 1. The van der Waals surface area contributed by atoms with Crippen LogP contribution < -0.4 is 10.6 Å². The normalized spacial score (nSPS) is 15.3. The van der Waals surface area contributed by atoms with Crippen LogP contribution in [0.1, 0.15) is 50.6 Å². The number of esters is 1. The molecule has 1 aromatic rings. The molecule has 2 rings (SSSR count). The third-order valence-electron chi connectivity index (χ3n) is 2.99. The zero-order valence-electron chi connectivity index (χ0n) is 11.4. The maximum absolute atomic E-state index is 11.2. The quantitative estimate of drug-likeness (QED) is 0.789. The number of hydrogen-bond acceptors (Lipinski definition) is 6. The summed E-state index contributed by atoms with van der Waals surface area (Å²) in [5, 5.41) is 6.29. The van der Waals surface area contributed by atoms with E-state index in [-0.39, 0.29) is 12.1 Å².